The zero-order valence-electron chi connectivity index (χ0n) is 14.3. The van der Waals surface area contributed by atoms with E-state index in [-0.39, 0.29) is 6.61 Å². The van der Waals surface area contributed by atoms with Crippen LogP contribution in [0.2, 0.25) is 0 Å². The first-order valence-electron chi connectivity index (χ1n) is 8.50. The number of amides is 1. The summed E-state index contributed by atoms with van der Waals surface area (Å²) < 4.78 is 10.7. The molecule has 1 aliphatic heterocycles. The number of benzene rings is 1. The van der Waals surface area contributed by atoms with Crippen LogP contribution in [0.15, 0.2) is 24.3 Å². The van der Waals surface area contributed by atoms with Crippen molar-refractivity contribution in [2.75, 3.05) is 25.1 Å². The van der Waals surface area contributed by atoms with Gasteiger partial charge in [0.2, 0.25) is 0 Å². The van der Waals surface area contributed by atoms with E-state index in [0.717, 1.165) is 0 Å². The molecule has 0 spiro atoms. The van der Waals surface area contributed by atoms with Gasteiger partial charge in [0, 0.05) is 18.8 Å². The third kappa shape index (κ3) is 5.13. The fourth-order valence-corrected chi connectivity index (χ4v) is 2.71. The lowest BCUT2D eigenvalue weighted by atomic mass is 9.99. The molecule has 1 heterocycles. The smallest absolute Gasteiger partial charge is 0.250 e. The fraction of sp³-hybridized carbons (Fsp3) is 0.588. The molecule has 0 bridgehead atoms. The van der Waals surface area contributed by atoms with Gasteiger partial charge in [-0.05, 0) is 25.0 Å². The predicted octanol–water partition coefficient (Wildman–Crippen LogP) is -1.21. The van der Waals surface area contributed by atoms with Gasteiger partial charge in [-0.1, -0.05) is 12.1 Å². The molecule has 1 amide bonds. The van der Waals surface area contributed by atoms with Gasteiger partial charge in [0.1, 0.15) is 24.4 Å². The molecular formula is C17H26N2O7. The van der Waals surface area contributed by atoms with Crippen LogP contribution in [-0.2, 0) is 9.47 Å². The summed E-state index contributed by atoms with van der Waals surface area (Å²) in [5, 5.41) is 41.5. The summed E-state index contributed by atoms with van der Waals surface area (Å²) in [6.07, 6.45) is -5.00. The van der Waals surface area contributed by atoms with Crippen molar-refractivity contribution >= 4 is 11.6 Å². The van der Waals surface area contributed by atoms with Gasteiger partial charge >= 0.3 is 0 Å². The highest BCUT2D eigenvalue weighted by molar-refractivity contribution is 5.98. The maximum absolute atomic E-state index is 11.3. The quantitative estimate of drug-likeness (QED) is 0.296. The number of para-hydroxylation sites is 1. The molecule has 9 heteroatoms. The van der Waals surface area contributed by atoms with E-state index in [1.807, 2.05) is 0 Å². The van der Waals surface area contributed by atoms with Crippen molar-refractivity contribution in [3.05, 3.63) is 29.8 Å². The lowest BCUT2D eigenvalue weighted by molar-refractivity contribution is -0.301. The minimum atomic E-state index is -1.45. The highest BCUT2D eigenvalue weighted by atomic mass is 16.7. The number of nitrogens with one attached hydrogen (secondary N) is 1. The zero-order valence-corrected chi connectivity index (χ0v) is 14.3. The molecule has 146 valence electrons. The number of ether oxygens (including phenoxy) is 2. The number of nitrogens with two attached hydrogens (primary N) is 1. The monoisotopic (exact) mass is 370 g/mol. The van der Waals surface area contributed by atoms with Crippen LogP contribution in [0.5, 0.6) is 0 Å². The van der Waals surface area contributed by atoms with Crippen LogP contribution in [0.3, 0.4) is 0 Å². The van der Waals surface area contributed by atoms with Gasteiger partial charge in [0.15, 0.2) is 6.29 Å². The first-order chi connectivity index (χ1) is 12.5. The van der Waals surface area contributed by atoms with Crippen LogP contribution < -0.4 is 11.1 Å². The minimum Gasteiger partial charge on any atom is -0.394 e. The fourth-order valence-electron chi connectivity index (χ4n) is 2.71. The summed E-state index contributed by atoms with van der Waals surface area (Å²) in [6, 6.07) is 6.95. The van der Waals surface area contributed by atoms with E-state index in [0.29, 0.717) is 30.6 Å². The van der Waals surface area contributed by atoms with Gasteiger partial charge in [-0.15, -0.1) is 0 Å². The Labute approximate surface area is 151 Å². The lowest BCUT2D eigenvalue weighted by Crippen LogP contribution is -2.59. The van der Waals surface area contributed by atoms with Crippen LogP contribution >= 0.6 is 0 Å². The van der Waals surface area contributed by atoms with Crippen molar-refractivity contribution in [2.24, 2.45) is 5.73 Å². The van der Waals surface area contributed by atoms with E-state index in [1.165, 1.54) is 0 Å². The van der Waals surface area contributed by atoms with Crippen molar-refractivity contribution in [2.45, 2.75) is 43.5 Å². The molecule has 9 nitrogen and oxygen atoms in total. The first kappa shape index (κ1) is 20.6. The molecule has 0 aliphatic carbocycles. The number of hydrogen-bond donors (Lipinski definition) is 6. The third-order valence-corrected chi connectivity index (χ3v) is 4.21. The SMILES string of the molecule is NC(=O)c1ccccc1NCCCCO[C@H]1O[C@H](CO)[C@@H](O)[C@H](O)[C@H]1O. The Balaban J connectivity index is 1.70. The Morgan fingerprint density at radius 2 is 1.88 bits per heavy atom. The number of primary amides is 1. The maximum Gasteiger partial charge on any atom is 0.250 e. The van der Waals surface area contributed by atoms with E-state index in [1.54, 1.807) is 24.3 Å². The zero-order chi connectivity index (χ0) is 19.1. The molecule has 1 saturated heterocycles. The van der Waals surface area contributed by atoms with Gasteiger partial charge in [-0.3, -0.25) is 4.79 Å². The van der Waals surface area contributed by atoms with Crippen molar-refractivity contribution < 1.29 is 34.7 Å². The third-order valence-electron chi connectivity index (χ3n) is 4.21. The summed E-state index contributed by atoms with van der Waals surface area (Å²) >= 11 is 0. The van der Waals surface area contributed by atoms with Crippen LogP contribution in [0.4, 0.5) is 5.69 Å². The van der Waals surface area contributed by atoms with Gasteiger partial charge in [-0.25, -0.2) is 0 Å². The molecule has 7 N–H and O–H groups in total. The van der Waals surface area contributed by atoms with Crippen LogP contribution in [0, 0.1) is 0 Å². The molecular weight excluding hydrogens is 344 g/mol. The maximum atomic E-state index is 11.3. The largest absolute Gasteiger partial charge is 0.394 e. The van der Waals surface area contributed by atoms with Gasteiger partial charge in [0.25, 0.3) is 5.91 Å². The number of rotatable bonds is 9. The van der Waals surface area contributed by atoms with Crippen molar-refractivity contribution in [1.29, 1.82) is 0 Å². The second-order valence-electron chi connectivity index (χ2n) is 6.11. The molecule has 0 aromatic heterocycles. The minimum absolute atomic E-state index is 0.252. The highest BCUT2D eigenvalue weighted by Gasteiger charge is 2.43. The Hall–Kier alpha value is -1.75. The van der Waals surface area contributed by atoms with Crippen molar-refractivity contribution in [1.82, 2.24) is 0 Å². The molecule has 1 fully saturated rings. The second kappa shape index (κ2) is 9.81. The number of aliphatic hydroxyl groups excluding tert-OH is 4. The molecule has 0 saturated carbocycles. The Morgan fingerprint density at radius 1 is 1.15 bits per heavy atom. The Morgan fingerprint density at radius 3 is 2.58 bits per heavy atom. The standard InChI is InChI=1S/C17H26N2O7/c18-16(24)10-5-1-2-6-11(10)19-7-3-4-8-25-17-15(23)14(22)13(21)12(9-20)26-17/h1-2,5-6,12-15,17,19-23H,3-4,7-9H2,(H2,18,24)/t12-,13-,14+,15-,17+/m1/s1. The van der Waals surface area contributed by atoms with E-state index in [9.17, 15) is 20.1 Å². The molecule has 2 rings (SSSR count). The number of carbonyl (C=O) groups excluding carboxylic acids is 1. The molecule has 0 radical (unpaired) electrons. The summed E-state index contributed by atoms with van der Waals surface area (Å²) in [4.78, 5) is 11.3. The van der Waals surface area contributed by atoms with Gasteiger partial charge in [-0.2, -0.15) is 0 Å². The average Bonchev–Trinajstić information content (AvgIpc) is 2.64. The van der Waals surface area contributed by atoms with Crippen molar-refractivity contribution in [3.63, 3.8) is 0 Å². The number of aliphatic hydroxyl groups is 4. The van der Waals surface area contributed by atoms with E-state index < -0.39 is 43.2 Å². The number of anilines is 1. The Kier molecular flexibility index (Phi) is 7.76. The summed E-state index contributed by atoms with van der Waals surface area (Å²) in [6.45, 7) is 0.345. The van der Waals surface area contributed by atoms with E-state index in [4.69, 9.17) is 20.3 Å². The summed E-state index contributed by atoms with van der Waals surface area (Å²) in [5.74, 6) is -0.501. The van der Waals surface area contributed by atoms with Crippen LogP contribution in [0.25, 0.3) is 0 Å². The van der Waals surface area contributed by atoms with E-state index in [2.05, 4.69) is 5.32 Å². The molecule has 1 aromatic rings. The number of carbonyl (C=O) groups is 1. The normalized spacial score (nSPS) is 28.7. The molecule has 1 aliphatic rings. The van der Waals surface area contributed by atoms with Crippen LogP contribution in [-0.4, -0.2) is 76.8 Å². The number of unbranched alkanes of at least 4 members (excludes halogenated alkanes) is 1. The molecule has 1 aromatic carbocycles. The topological polar surface area (TPSA) is 154 Å². The van der Waals surface area contributed by atoms with Crippen LogP contribution in [0.1, 0.15) is 23.2 Å². The number of hydrogen-bond acceptors (Lipinski definition) is 8. The first-order valence-corrected chi connectivity index (χ1v) is 8.50. The predicted molar refractivity (Wildman–Crippen MR) is 92.4 cm³/mol. The summed E-state index contributed by atoms with van der Waals surface area (Å²) in [7, 11) is 0. The van der Waals surface area contributed by atoms with Gasteiger partial charge < -0.3 is 41.0 Å². The van der Waals surface area contributed by atoms with Crippen molar-refractivity contribution in [3.8, 4) is 0 Å². The molecule has 26 heavy (non-hydrogen) atoms. The Bertz CT molecular complexity index is 584. The second-order valence-corrected chi connectivity index (χ2v) is 6.11. The lowest BCUT2D eigenvalue weighted by Gasteiger charge is -2.39. The molecule has 0 unspecified atom stereocenters. The molecule has 5 atom stereocenters. The van der Waals surface area contributed by atoms with E-state index >= 15 is 0 Å². The van der Waals surface area contributed by atoms with Gasteiger partial charge in [0.05, 0.1) is 12.2 Å². The average molecular weight is 370 g/mol. The summed E-state index contributed by atoms with van der Waals surface area (Å²) in [5.41, 5.74) is 6.40. The highest BCUT2D eigenvalue weighted by Crippen LogP contribution is 2.22.